The average molecular weight is 623 g/mol. The van der Waals surface area contributed by atoms with Gasteiger partial charge in [0.25, 0.3) is 0 Å². The van der Waals surface area contributed by atoms with Gasteiger partial charge < -0.3 is 29.4 Å². The van der Waals surface area contributed by atoms with E-state index in [-0.39, 0.29) is 4.75 Å². The number of aryl methyl sites for hydroxylation is 1. The number of aromatic nitrogens is 4. The van der Waals surface area contributed by atoms with Crippen molar-refractivity contribution in [3.63, 3.8) is 0 Å². The SMILES string of the molecule is COc1cc(Nc2nc3c(c(N4CCCCC4)n2)S(=O)C2(CCOCC2)C3)ccc1-n1cnc(C)c1.O=C(O)C(F)(F)F. The summed E-state index contributed by atoms with van der Waals surface area (Å²) in [5.74, 6) is -0.672. The van der Waals surface area contributed by atoms with Gasteiger partial charge in [0.2, 0.25) is 5.95 Å². The molecule has 15 heteroatoms. The molecule has 3 aromatic rings. The third-order valence-corrected chi connectivity index (χ3v) is 9.84. The van der Waals surface area contributed by atoms with Crippen LogP contribution in [0.25, 0.3) is 5.69 Å². The number of nitrogens with one attached hydrogen (secondary N) is 1. The number of carboxylic acid groups (broad SMARTS) is 1. The molecule has 0 radical (unpaired) electrons. The van der Waals surface area contributed by atoms with E-state index >= 15 is 0 Å². The number of hydrogen-bond donors (Lipinski definition) is 2. The molecule has 3 aliphatic rings. The van der Waals surface area contributed by atoms with Gasteiger partial charge in [0.15, 0.2) is 5.82 Å². The summed E-state index contributed by atoms with van der Waals surface area (Å²) in [6.45, 7) is 5.13. The lowest BCUT2D eigenvalue weighted by Crippen LogP contribution is -2.39. The number of fused-ring (bicyclic) bond motifs is 1. The van der Waals surface area contributed by atoms with E-state index in [2.05, 4.69) is 15.2 Å². The van der Waals surface area contributed by atoms with Gasteiger partial charge in [-0.15, -0.1) is 0 Å². The molecular formula is C28H33F3N6O5S. The highest BCUT2D eigenvalue weighted by Crippen LogP contribution is 2.46. The quantitative estimate of drug-likeness (QED) is 0.418. The third kappa shape index (κ3) is 6.61. The standard InChI is InChI=1S/C26H32N6O3S.C2HF3O2/c1-18-16-32(17-27-18)21-7-6-19(14-22(21)34-2)28-25-29-20-15-26(8-12-35-13-9-26)36(33)23(20)24(30-25)31-10-4-3-5-11-31;3-2(4,5)1(6)7/h6-7,14,16-17H,3-5,8-13,15H2,1-2H3,(H,28,29,30);(H,6,7). The molecule has 3 aliphatic heterocycles. The van der Waals surface area contributed by atoms with Crippen molar-refractivity contribution in [1.29, 1.82) is 0 Å². The van der Waals surface area contributed by atoms with E-state index in [9.17, 15) is 17.4 Å². The molecule has 5 heterocycles. The molecule has 1 unspecified atom stereocenters. The molecule has 2 saturated heterocycles. The van der Waals surface area contributed by atoms with Gasteiger partial charge in [-0.25, -0.2) is 14.8 Å². The number of nitrogens with zero attached hydrogens (tertiary/aromatic N) is 5. The summed E-state index contributed by atoms with van der Waals surface area (Å²) in [5, 5.41) is 10.5. The van der Waals surface area contributed by atoms with Crippen LogP contribution in [-0.4, -0.2) is 79.1 Å². The van der Waals surface area contributed by atoms with Crippen LogP contribution in [0.1, 0.15) is 43.5 Å². The maximum Gasteiger partial charge on any atom is 0.490 e. The number of ether oxygens (including phenoxy) is 2. The monoisotopic (exact) mass is 622 g/mol. The fourth-order valence-corrected chi connectivity index (χ4v) is 7.42. The highest BCUT2D eigenvalue weighted by Gasteiger charge is 2.48. The second-order valence-corrected chi connectivity index (χ2v) is 12.5. The van der Waals surface area contributed by atoms with Crippen molar-refractivity contribution in [2.45, 2.75) is 61.3 Å². The number of piperidine rings is 1. The van der Waals surface area contributed by atoms with Crippen LogP contribution in [-0.2, 0) is 26.8 Å². The lowest BCUT2D eigenvalue weighted by atomic mass is 9.94. The molecule has 2 fully saturated rings. The molecule has 6 rings (SSSR count). The van der Waals surface area contributed by atoms with Gasteiger partial charge in [0, 0.05) is 50.7 Å². The second kappa shape index (κ2) is 12.5. The Morgan fingerprint density at radius 1 is 1.16 bits per heavy atom. The molecule has 2 aromatic heterocycles. The van der Waals surface area contributed by atoms with E-state index in [0.717, 1.165) is 78.0 Å². The van der Waals surface area contributed by atoms with Crippen LogP contribution in [0.2, 0.25) is 0 Å². The first kappa shape index (κ1) is 30.7. The van der Waals surface area contributed by atoms with Gasteiger partial charge >= 0.3 is 12.1 Å². The van der Waals surface area contributed by atoms with Crippen LogP contribution in [0.4, 0.5) is 30.6 Å². The van der Waals surface area contributed by atoms with Gasteiger partial charge in [-0.3, -0.25) is 4.21 Å². The summed E-state index contributed by atoms with van der Waals surface area (Å²) in [6.07, 6.45) is 4.43. The molecular weight excluding hydrogens is 589 g/mol. The van der Waals surface area contributed by atoms with Crippen molar-refractivity contribution in [3.05, 3.63) is 42.1 Å². The molecule has 0 bridgehead atoms. The van der Waals surface area contributed by atoms with Crippen LogP contribution in [0.15, 0.2) is 35.6 Å². The van der Waals surface area contributed by atoms with Crippen LogP contribution in [0.5, 0.6) is 5.75 Å². The minimum atomic E-state index is -5.08. The number of carbonyl (C=O) groups is 1. The molecule has 0 amide bonds. The molecule has 43 heavy (non-hydrogen) atoms. The van der Waals surface area contributed by atoms with Crippen molar-refractivity contribution in [1.82, 2.24) is 19.5 Å². The largest absolute Gasteiger partial charge is 0.494 e. The van der Waals surface area contributed by atoms with Crippen LogP contribution in [0, 0.1) is 6.92 Å². The topological polar surface area (TPSA) is 132 Å². The summed E-state index contributed by atoms with van der Waals surface area (Å²) in [5.41, 5.74) is 3.59. The molecule has 11 nitrogen and oxygen atoms in total. The molecule has 2 N–H and O–H groups in total. The van der Waals surface area contributed by atoms with Crippen molar-refractivity contribution >= 4 is 34.2 Å². The predicted octanol–water partition coefficient (Wildman–Crippen LogP) is 4.56. The summed E-state index contributed by atoms with van der Waals surface area (Å²) >= 11 is 0. The van der Waals surface area contributed by atoms with E-state index in [1.165, 1.54) is 6.42 Å². The fourth-order valence-electron chi connectivity index (χ4n) is 5.51. The zero-order valence-electron chi connectivity index (χ0n) is 23.8. The minimum Gasteiger partial charge on any atom is -0.494 e. The Kier molecular flexibility index (Phi) is 8.92. The zero-order chi connectivity index (χ0) is 30.8. The van der Waals surface area contributed by atoms with Crippen LogP contribution < -0.4 is 15.0 Å². The number of rotatable bonds is 5. The Bertz CT molecular complexity index is 1500. The molecule has 0 saturated carbocycles. The van der Waals surface area contributed by atoms with Gasteiger partial charge in [0.1, 0.15) is 10.6 Å². The number of aliphatic carboxylic acids is 1. The lowest BCUT2D eigenvalue weighted by Gasteiger charge is -2.32. The van der Waals surface area contributed by atoms with Crippen LogP contribution >= 0.6 is 0 Å². The Hall–Kier alpha value is -3.72. The highest BCUT2D eigenvalue weighted by atomic mass is 32.2. The number of imidazole rings is 1. The fraction of sp³-hybridized carbons (Fsp3) is 0.500. The van der Waals surface area contributed by atoms with E-state index in [4.69, 9.17) is 29.3 Å². The Morgan fingerprint density at radius 3 is 2.47 bits per heavy atom. The Morgan fingerprint density at radius 2 is 1.86 bits per heavy atom. The van der Waals surface area contributed by atoms with E-state index < -0.39 is 22.9 Å². The number of hydrogen-bond acceptors (Lipinski definition) is 9. The van der Waals surface area contributed by atoms with E-state index in [1.807, 2.05) is 35.9 Å². The second-order valence-electron chi connectivity index (χ2n) is 10.7. The van der Waals surface area contributed by atoms with Gasteiger partial charge in [0.05, 0.1) is 46.1 Å². The number of methoxy groups -OCH3 is 1. The zero-order valence-corrected chi connectivity index (χ0v) is 24.6. The number of anilines is 3. The summed E-state index contributed by atoms with van der Waals surface area (Å²) < 4.78 is 58.6. The average Bonchev–Trinajstić information content (AvgIpc) is 3.53. The van der Waals surface area contributed by atoms with Crippen molar-refractivity contribution in [3.8, 4) is 11.4 Å². The number of alkyl halides is 3. The third-order valence-electron chi connectivity index (χ3n) is 7.71. The molecule has 232 valence electrons. The molecule has 1 atom stereocenters. The van der Waals surface area contributed by atoms with E-state index in [1.54, 1.807) is 13.4 Å². The maximum atomic E-state index is 13.9. The first-order valence-corrected chi connectivity index (χ1v) is 15.1. The first-order valence-electron chi connectivity index (χ1n) is 13.9. The maximum absolute atomic E-state index is 13.9. The number of carboxylic acids is 1. The van der Waals surface area contributed by atoms with Crippen molar-refractivity contribution in [2.24, 2.45) is 0 Å². The summed E-state index contributed by atoms with van der Waals surface area (Å²) in [4.78, 5) is 26.2. The normalized spacial score (nSPS) is 19.4. The number of halogens is 3. The summed E-state index contributed by atoms with van der Waals surface area (Å²) in [7, 11) is 0.521. The molecule has 1 aromatic carbocycles. The van der Waals surface area contributed by atoms with Gasteiger partial charge in [-0.1, -0.05) is 0 Å². The van der Waals surface area contributed by atoms with Crippen LogP contribution in [0.3, 0.4) is 0 Å². The summed E-state index contributed by atoms with van der Waals surface area (Å²) in [6, 6.07) is 5.93. The Labute approximate surface area is 248 Å². The Balaban J connectivity index is 0.000000472. The minimum absolute atomic E-state index is 0.285. The predicted molar refractivity (Wildman–Crippen MR) is 153 cm³/mol. The number of benzene rings is 1. The highest BCUT2D eigenvalue weighted by molar-refractivity contribution is 7.87. The van der Waals surface area contributed by atoms with Gasteiger partial charge in [-0.05, 0) is 51.2 Å². The van der Waals surface area contributed by atoms with Gasteiger partial charge in [-0.2, -0.15) is 18.2 Å². The van der Waals surface area contributed by atoms with Crippen molar-refractivity contribution < 1.29 is 36.8 Å². The smallest absolute Gasteiger partial charge is 0.490 e. The first-order chi connectivity index (χ1) is 20.5. The lowest BCUT2D eigenvalue weighted by molar-refractivity contribution is -0.192. The van der Waals surface area contributed by atoms with Crippen molar-refractivity contribution in [2.75, 3.05) is 43.6 Å². The molecule has 0 aliphatic carbocycles. The molecule has 1 spiro atoms. The van der Waals surface area contributed by atoms with E-state index in [0.29, 0.717) is 25.6 Å².